The highest BCUT2D eigenvalue weighted by Crippen LogP contribution is 2.35. The highest BCUT2D eigenvalue weighted by atomic mass is 32.2. The van der Waals surface area contributed by atoms with E-state index in [9.17, 15) is 48.3 Å². The summed E-state index contributed by atoms with van der Waals surface area (Å²) in [6.45, 7) is 5.67. The number of aliphatic hydroxyl groups excluding tert-OH is 1. The molecule has 62 heavy (non-hydrogen) atoms. The number of esters is 1. The number of H-pyrrole nitrogens is 1. The lowest BCUT2D eigenvalue weighted by atomic mass is 9.86. The van der Waals surface area contributed by atoms with Gasteiger partial charge in [-0.3, -0.25) is 43.2 Å². The zero-order valence-corrected chi connectivity index (χ0v) is 36.5. The number of fused-ring (bicyclic) bond motifs is 5. The largest absolute Gasteiger partial charge is 0.469 e. The Morgan fingerprint density at radius 2 is 1.53 bits per heavy atom. The van der Waals surface area contributed by atoms with Gasteiger partial charge in [0.25, 0.3) is 0 Å². The number of nitrogen functional groups attached to an aromatic ring is 1. The second-order valence-corrected chi connectivity index (χ2v) is 17.6. The molecule has 0 unspecified atom stereocenters. The quantitative estimate of drug-likeness (QED) is 0.139. The van der Waals surface area contributed by atoms with Gasteiger partial charge in [-0.1, -0.05) is 40.5 Å². The number of amides is 6. The van der Waals surface area contributed by atoms with Crippen LogP contribution >= 0.6 is 11.8 Å². The summed E-state index contributed by atoms with van der Waals surface area (Å²) in [7, 11) is 1.12. The maximum absolute atomic E-state index is 14.5. The molecule has 6 amide bonds. The molecule has 338 valence electrons. The Bertz CT molecular complexity index is 2080. The summed E-state index contributed by atoms with van der Waals surface area (Å²) < 4.78 is 4.87. The molecule has 9 atom stereocenters. The van der Waals surface area contributed by atoms with Gasteiger partial charge in [0, 0.05) is 54.1 Å². The van der Waals surface area contributed by atoms with E-state index in [1.54, 1.807) is 32.0 Å². The number of benzene rings is 1. The fraction of sp³-hybridized carbons (Fsp3) is 0.595. The van der Waals surface area contributed by atoms with Crippen LogP contribution in [0.2, 0.25) is 0 Å². The van der Waals surface area contributed by atoms with Gasteiger partial charge in [-0.15, -0.1) is 11.8 Å². The third-order valence-corrected chi connectivity index (χ3v) is 13.2. The lowest BCUT2D eigenvalue weighted by molar-refractivity contribution is -0.149. The van der Waals surface area contributed by atoms with Crippen LogP contribution in [0.4, 0.5) is 5.69 Å². The van der Waals surface area contributed by atoms with E-state index in [0.717, 1.165) is 23.8 Å². The van der Waals surface area contributed by atoms with Crippen molar-refractivity contribution >= 4 is 81.3 Å². The zero-order valence-electron chi connectivity index (χ0n) is 35.7. The number of anilines is 1. The van der Waals surface area contributed by atoms with E-state index in [1.165, 1.54) is 0 Å². The molecule has 2 aromatic rings. The van der Waals surface area contributed by atoms with Crippen molar-refractivity contribution in [3.8, 4) is 0 Å². The molecule has 3 aliphatic heterocycles. The Kier molecular flexibility index (Phi) is 16.1. The number of hydrogen-bond acceptors (Lipinski definition) is 13. The minimum absolute atomic E-state index is 0.0761. The van der Waals surface area contributed by atoms with E-state index in [4.69, 9.17) is 10.5 Å². The van der Waals surface area contributed by atoms with Crippen LogP contribution in [-0.2, 0) is 54.3 Å². The van der Waals surface area contributed by atoms with Crippen LogP contribution in [0.5, 0.6) is 0 Å². The second-order valence-electron chi connectivity index (χ2n) is 16.5. The number of nitrogens with two attached hydrogens (primary N) is 1. The SMILES string of the molecule is CC[C@H](C)[C@@H]1NC(=O)[C@@H]2C[C@@H](O)CN2C(=O)[C@H](CC(=O)OC)CC(=O)[C@@H]2CSc3[nH]c4ccc(N)cc4c3C[C@H](CC1=O)C(=O)NCC(=O)N[C@@H]([C@@H](C)CC)C(=O)NCC(=O)N2. The number of methoxy groups -OCH3 is 1. The summed E-state index contributed by atoms with van der Waals surface area (Å²) in [6.07, 6.45) is -2.11. The number of thioether (sulfide) groups is 1. The topological polar surface area (TPSA) is 288 Å². The first-order valence-electron chi connectivity index (χ1n) is 21.0. The second kappa shape index (κ2) is 21.0. The van der Waals surface area contributed by atoms with Crippen molar-refractivity contribution in [3.05, 3.63) is 23.8 Å². The van der Waals surface area contributed by atoms with Gasteiger partial charge in [0.05, 0.1) is 55.8 Å². The van der Waals surface area contributed by atoms with Gasteiger partial charge in [0.15, 0.2) is 11.6 Å². The zero-order chi connectivity index (χ0) is 45.4. The fourth-order valence-corrected chi connectivity index (χ4v) is 9.22. The molecule has 1 fully saturated rings. The molecule has 0 spiro atoms. The van der Waals surface area contributed by atoms with Crippen LogP contribution in [0, 0.1) is 23.7 Å². The van der Waals surface area contributed by atoms with Gasteiger partial charge in [-0.05, 0) is 42.0 Å². The summed E-state index contributed by atoms with van der Waals surface area (Å²) in [5, 5.41) is 25.1. The molecule has 4 heterocycles. The number of nitrogens with zero attached hydrogens (tertiary/aromatic N) is 1. The van der Waals surface area contributed by atoms with Crippen LogP contribution in [-0.4, -0.2) is 131 Å². The average molecular weight is 883 g/mol. The molecule has 3 aliphatic rings. The van der Waals surface area contributed by atoms with Gasteiger partial charge >= 0.3 is 5.97 Å². The minimum atomic E-state index is -1.39. The molecule has 1 aromatic carbocycles. The molecule has 9 N–H and O–H groups in total. The first-order valence-corrected chi connectivity index (χ1v) is 22.0. The number of ether oxygens (including phenoxy) is 1. The number of ketones is 2. The number of aliphatic hydroxyl groups is 1. The third-order valence-electron chi connectivity index (χ3n) is 12.1. The van der Waals surface area contributed by atoms with Crippen molar-refractivity contribution in [1.29, 1.82) is 0 Å². The molecule has 0 saturated carbocycles. The van der Waals surface area contributed by atoms with Crippen LogP contribution in [0.1, 0.15) is 71.8 Å². The van der Waals surface area contributed by atoms with Gasteiger partial charge < -0.3 is 52.0 Å². The van der Waals surface area contributed by atoms with E-state index in [-0.39, 0.29) is 25.1 Å². The van der Waals surface area contributed by atoms with Gasteiger partial charge in [-0.2, -0.15) is 0 Å². The first kappa shape index (κ1) is 47.5. The molecule has 20 heteroatoms. The van der Waals surface area contributed by atoms with Crippen molar-refractivity contribution in [3.63, 3.8) is 0 Å². The molecular formula is C42H58N8O11S. The number of hydrogen-bond donors (Lipinski definition) is 8. The van der Waals surface area contributed by atoms with Crippen molar-refractivity contribution in [2.45, 2.75) is 108 Å². The van der Waals surface area contributed by atoms with Crippen molar-refractivity contribution in [2.75, 3.05) is 38.2 Å². The van der Waals surface area contributed by atoms with Gasteiger partial charge in [0.1, 0.15) is 12.1 Å². The Morgan fingerprint density at radius 3 is 2.21 bits per heavy atom. The monoisotopic (exact) mass is 882 g/mol. The van der Waals surface area contributed by atoms with Crippen LogP contribution in [0.3, 0.4) is 0 Å². The van der Waals surface area contributed by atoms with Crippen LogP contribution < -0.4 is 32.3 Å². The summed E-state index contributed by atoms with van der Waals surface area (Å²) in [4.78, 5) is 129. The molecular weight excluding hydrogens is 825 g/mol. The van der Waals surface area contributed by atoms with Crippen molar-refractivity contribution in [2.24, 2.45) is 23.7 Å². The average Bonchev–Trinajstić information content (AvgIpc) is 3.81. The summed E-state index contributed by atoms with van der Waals surface area (Å²) >= 11 is 1.12. The number of aromatic amines is 1. The molecule has 19 nitrogen and oxygen atoms in total. The maximum Gasteiger partial charge on any atom is 0.306 e. The Morgan fingerprint density at radius 1 is 0.871 bits per heavy atom. The minimum Gasteiger partial charge on any atom is -0.469 e. The normalized spacial score (nSPS) is 27.5. The number of carbonyl (C=O) groups is 9. The van der Waals surface area contributed by atoms with E-state index < -0.39 is 139 Å². The van der Waals surface area contributed by atoms with E-state index >= 15 is 0 Å². The van der Waals surface area contributed by atoms with E-state index in [0.29, 0.717) is 40.0 Å². The Balaban J connectivity index is 1.69. The summed E-state index contributed by atoms with van der Waals surface area (Å²) in [5.74, 6) is -9.87. The maximum atomic E-state index is 14.5. The molecule has 1 aromatic heterocycles. The molecule has 0 aliphatic carbocycles. The number of aromatic nitrogens is 1. The predicted molar refractivity (Wildman–Crippen MR) is 227 cm³/mol. The standard InChI is InChI=1S/C42H58N8O11S/c1-6-20(3)36-32(53)11-22-10-27-26-14-24(43)8-9-28(26)47-41(27)62-19-29(46-33(54)16-45-40(59)37(21(4)7-2)48-34(55)17-44-38(22)57)31(52)12-23(13-35(56)61-5)42(60)50-18-25(51)15-30(50)39(58)49-36/h8-9,14,20-23,25,29-30,36-37,47,51H,6-7,10-13,15-19,43H2,1-5H3,(H,44,57)(H,45,59)(H,46,54)(H,48,55)(H,49,58)/t20-,21-,22+,23-,25+,29-,30-,36-,37-/m0/s1. The fourth-order valence-electron chi connectivity index (χ4n) is 8.06. The highest BCUT2D eigenvalue weighted by molar-refractivity contribution is 7.99. The van der Waals surface area contributed by atoms with E-state index in [1.807, 2.05) is 13.8 Å². The van der Waals surface area contributed by atoms with Crippen molar-refractivity contribution < 1.29 is 53.0 Å². The number of Topliss-reactive ketones (excluding diaryl/α,β-unsaturated/α-hetero) is 2. The lowest BCUT2D eigenvalue weighted by Crippen LogP contribution is -2.55. The third kappa shape index (κ3) is 11.5. The molecule has 5 rings (SSSR count). The highest BCUT2D eigenvalue weighted by Gasteiger charge is 2.44. The Labute approximate surface area is 363 Å². The first-order chi connectivity index (χ1) is 29.4. The predicted octanol–water partition coefficient (Wildman–Crippen LogP) is -0.133. The van der Waals surface area contributed by atoms with E-state index in [2.05, 4.69) is 31.6 Å². The van der Waals surface area contributed by atoms with Crippen LogP contribution in [0.25, 0.3) is 10.9 Å². The molecule has 2 bridgehead atoms. The summed E-state index contributed by atoms with van der Waals surface area (Å²) in [5.41, 5.74) is 7.80. The smallest absolute Gasteiger partial charge is 0.306 e. The molecule has 0 radical (unpaired) electrons. The Hall–Kier alpha value is -5.50. The lowest BCUT2D eigenvalue weighted by Gasteiger charge is -2.31. The number of nitrogens with one attached hydrogen (secondary N) is 6. The number of carbonyl (C=O) groups excluding carboxylic acids is 9. The molecule has 1 saturated heterocycles. The number of rotatable bonds is 6. The van der Waals surface area contributed by atoms with Gasteiger partial charge in [0.2, 0.25) is 35.4 Å². The van der Waals surface area contributed by atoms with Gasteiger partial charge in [-0.25, -0.2) is 0 Å². The van der Waals surface area contributed by atoms with Crippen LogP contribution in [0.15, 0.2) is 23.2 Å². The summed E-state index contributed by atoms with van der Waals surface area (Å²) in [6, 6.07) is 0.223. The van der Waals surface area contributed by atoms with Crippen molar-refractivity contribution in [1.82, 2.24) is 36.5 Å².